The molecule has 2 aromatic heterocycles. The molecule has 0 saturated heterocycles. The van der Waals surface area contributed by atoms with Crippen molar-refractivity contribution in [2.45, 2.75) is 6.61 Å². The number of hydrogen-bond donors (Lipinski definition) is 2. The minimum absolute atomic E-state index is 0.152. The van der Waals surface area contributed by atoms with Crippen molar-refractivity contribution in [3.05, 3.63) is 48.0 Å². The lowest BCUT2D eigenvalue weighted by Gasteiger charge is -2.06. The molecule has 0 unspecified atom stereocenters. The fourth-order valence-corrected chi connectivity index (χ4v) is 2.10. The van der Waals surface area contributed by atoms with Crippen LogP contribution in [0.5, 0.6) is 0 Å². The van der Waals surface area contributed by atoms with Gasteiger partial charge in [-0.2, -0.15) is 15.3 Å². The van der Waals surface area contributed by atoms with E-state index in [1.54, 1.807) is 36.1 Å². The van der Waals surface area contributed by atoms with Gasteiger partial charge in [0.05, 0.1) is 35.8 Å². The predicted octanol–water partition coefficient (Wildman–Crippen LogP) is 1.38. The Morgan fingerprint density at radius 2 is 2.22 bits per heavy atom. The van der Waals surface area contributed by atoms with E-state index in [4.69, 9.17) is 5.26 Å². The van der Waals surface area contributed by atoms with Crippen molar-refractivity contribution in [3.8, 4) is 17.5 Å². The quantitative estimate of drug-likeness (QED) is 0.748. The predicted molar refractivity (Wildman–Crippen MR) is 82.4 cm³/mol. The summed E-state index contributed by atoms with van der Waals surface area (Å²) in [6, 6.07) is 9.11. The molecule has 2 heterocycles. The van der Waals surface area contributed by atoms with Crippen LogP contribution in [0.15, 0.2) is 36.8 Å². The Labute approximate surface area is 132 Å². The van der Waals surface area contributed by atoms with Gasteiger partial charge >= 0.3 is 0 Å². The molecule has 0 atom stereocenters. The molecule has 0 saturated carbocycles. The van der Waals surface area contributed by atoms with Gasteiger partial charge in [-0.3, -0.25) is 4.68 Å². The van der Waals surface area contributed by atoms with Crippen molar-refractivity contribution < 1.29 is 5.11 Å². The number of nitriles is 1. The number of anilines is 2. The number of benzene rings is 1. The smallest absolute Gasteiger partial charge is 0.230 e. The number of aryl methyl sites for hydroxylation is 1. The summed E-state index contributed by atoms with van der Waals surface area (Å²) in [5, 5.41) is 25.4. The fraction of sp³-hybridized carbons (Fsp3) is 0.133. The van der Waals surface area contributed by atoms with Crippen molar-refractivity contribution in [1.82, 2.24) is 24.7 Å². The largest absolute Gasteiger partial charge is 0.390 e. The van der Waals surface area contributed by atoms with Gasteiger partial charge in [0.15, 0.2) is 5.82 Å². The zero-order valence-corrected chi connectivity index (χ0v) is 12.3. The van der Waals surface area contributed by atoms with Crippen LogP contribution < -0.4 is 5.32 Å². The number of rotatable bonds is 4. The molecule has 8 nitrogen and oxygen atoms in total. The normalized spacial score (nSPS) is 10.3. The summed E-state index contributed by atoms with van der Waals surface area (Å²) >= 11 is 0. The van der Waals surface area contributed by atoms with Gasteiger partial charge in [-0.05, 0) is 12.1 Å². The summed E-state index contributed by atoms with van der Waals surface area (Å²) in [6.07, 6.45) is 2.98. The highest BCUT2D eigenvalue weighted by Gasteiger charge is 2.10. The summed E-state index contributed by atoms with van der Waals surface area (Å²) in [6.45, 7) is -0.152. The summed E-state index contributed by atoms with van der Waals surface area (Å²) in [5.74, 6) is 0.786. The van der Waals surface area contributed by atoms with Crippen molar-refractivity contribution in [2.24, 2.45) is 7.05 Å². The molecule has 0 radical (unpaired) electrons. The molecule has 0 aliphatic heterocycles. The zero-order chi connectivity index (χ0) is 16.2. The highest BCUT2D eigenvalue weighted by atomic mass is 16.3. The van der Waals surface area contributed by atoms with Crippen molar-refractivity contribution in [1.29, 1.82) is 5.26 Å². The molecule has 0 bridgehead atoms. The third-order valence-corrected chi connectivity index (χ3v) is 3.28. The van der Waals surface area contributed by atoms with Gasteiger partial charge in [0.1, 0.15) is 6.33 Å². The zero-order valence-electron chi connectivity index (χ0n) is 12.3. The molecule has 114 valence electrons. The van der Waals surface area contributed by atoms with Gasteiger partial charge < -0.3 is 10.4 Å². The van der Waals surface area contributed by atoms with E-state index in [-0.39, 0.29) is 6.61 Å². The maximum absolute atomic E-state index is 9.37. The van der Waals surface area contributed by atoms with E-state index < -0.39 is 0 Å². The van der Waals surface area contributed by atoms with Crippen LogP contribution in [0.25, 0.3) is 11.4 Å². The number of hydrogen-bond acceptors (Lipinski definition) is 7. The van der Waals surface area contributed by atoms with E-state index in [9.17, 15) is 5.11 Å². The number of aromatic nitrogens is 5. The number of aliphatic hydroxyl groups is 1. The molecule has 3 aromatic rings. The number of aliphatic hydroxyl groups excluding tert-OH is 1. The van der Waals surface area contributed by atoms with Crippen LogP contribution in [0, 0.1) is 11.3 Å². The van der Waals surface area contributed by atoms with E-state index >= 15 is 0 Å². The third kappa shape index (κ3) is 3.00. The molecule has 0 aliphatic carbocycles. The third-order valence-electron chi connectivity index (χ3n) is 3.28. The van der Waals surface area contributed by atoms with Crippen molar-refractivity contribution in [3.63, 3.8) is 0 Å². The van der Waals surface area contributed by atoms with Crippen molar-refractivity contribution in [2.75, 3.05) is 5.32 Å². The van der Waals surface area contributed by atoms with Crippen LogP contribution in [-0.4, -0.2) is 29.8 Å². The highest BCUT2D eigenvalue weighted by molar-refractivity contribution is 5.61. The molecule has 0 amide bonds. The summed E-state index contributed by atoms with van der Waals surface area (Å²) in [5.41, 5.74) is 2.51. The average Bonchev–Trinajstić information content (AvgIpc) is 2.94. The SMILES string of the molecule is Cn1ncc(Nc2ncnc(-c3cccc(C#N)c3)n2)c1CO. The van der Waals surface area contributed by atoms with Gasteiger partial charge in [0, 0.05) is 12.6 Å². The molecule has 3 rings (SSSR count). The van der Waals surface area contributed by atoms with E-state index in [1.165, 1.54) is 6.33 Å². The lowest BCUT2D eigenvalue weighted by molar-refractivity contribution is 0.271. The van der Waals surface area contributed by atoms with E-state index in [1.807, 2.05) is 6.07 Å². The van der Waals surface area contributed by atoms with Gasteiger partial charge in [0.2, 0.25) is 5.95 Å². The first-order chi connectivity index (χ1) is 11.2. The second-order valence-corrected chi connectivity index (χ2v) is 4.74. The lowest BCUT2D eigenvalue weighted by atomic mass is 10.1. The summed E-state index contributed by atoms with van der Waals surface area (Å²) in [7, 11) is 1.74. The molecular weight excluding hydrogens is 294 g/mol. The van der Waals surface area contributed by atoms with Gasteiger partial charge in [-0.25, -0.2) is 9.97 Å². The summed E-state index contributed by atoms with van der Waals surface area (Å²) in [4.78, 5) is 12.5. The fourth-order valence-electron chi connectivity index (χ4n) is 2.10. The van der Waals surface area contributed by atoms with E-state index in [0.717, 1.165) is 5.56 Å². The summed E-state index contributed by atoms with van der Waals surface area (Å²) < 4.78 is 1.57. The van der Waals surface area contributed by atoms with E-state index in [2.05, 4.69) is 31.4 Å². The van der Waals surface area contributed by atoms with Crippen LogP contribution in [-0.2, 0) is 13.7 Å². The molecule has 23 heavy (non-hydrogen) atoms. The number of nitrogens with zero attached hydrogens (tertiary/aromatic N) is 6. The van der Waals surface area contributed by atoms with Crippen LogP contribution in [0.1, 0.15) is 11.3 Å². The first kappa shape index (κ1) is 14.6. The molecule has 2 N–H and O–H groups in total. The average molecular weight is 307 g/mol. The monoisotopic (exact) mass is 307 g/mol. The van der Waals surface area contributed by atoms with Crippen LogP contribution in [0.4, 0.5) is 11.6 Å². The lowest BCUT2D eigenvalue weighted by Crippen LogP contribution is -2.03. The molecule has 8 heteroatoms. The van der Waals surface area contributed by atoms with Crippen LogP contribution >= 0.6 is 0 Å². The van der Waals surface area contributed by atoms with Gasteiger partial charge in [0.25, 0.3) is 0 Å². The van der Waals surface area contributed by atoms with Crippen LogP contribution in [0.2, 0.25) is 0 Å². The first-order valence-corrected chi connectivity index (χ1v) is 6.79. The Morgan fingerprint density at radius 1 is 1.35 bits per heavy atom. The van der Waals surface area contributed by atoms with Gasteiger partial charge in [-0.15, -0.1) is 0 Å². The Balaban J connectivity index is 1.92. The van der Waals surface area contributed by atoms with Crippen molar-refractivity contribution >= 4 is 11.6 Å². The first-order valence-electron chi connectivity index (χ1n) is 6.79. The Hall–Kier alpha value is -3.31. The maximum atomic E-state index is 9.37. The Morgan fingerprint density at radius 3 is 3.00 bits per heavy atom. The second-order valence-electron chi connectivity index (χ2n) is 4.74. The molecule has 0 aliphatic rings. The van der Waals surface area contributed by atoms with Gasteiger partial charge in [-0.1, -0.05) is 12.1 Å². The molecular formula is C15H13N7O. The van der Waals surface area contributed by atoms with Crippen LogP contribution in [0.3, 0.4) is 0 Å². The Kier molecular flexibility index (Phi) is 3.95. The minimum atomic E-state index is -0.152. The maximum Gasteiger partial charge on any atom is 0.230 e. The molecule has 1 aromatic carbocycles. The Bertz CT molecular complexity index is 882. The van der Waals surface area contributed by atoms with E-state index in [0.29, 0.717) is 28.7 Å². The highest BCUT2D eigenvalue weighted by Crippen LogP contribution is 2.20. The molecule has 0 fully saturated rings. The molecule has 0 spiro atoms. The minimum Gasteiger partial charge on any atom is -0.390 e. The topological polar surface area (TPSA) is 113 Å². The number of nitrogens with one attached hydrogen (secondary N) is 1. The second kappa shape index (κ2) is 6.21. The standard InChI is InChI=1S/C15H13N7O/c1-22-13(8-23)12(7-19-22)20-15-18-9-17-14(21-15)11-4-2-3-10(5-11)6-16/h2-5,7,9,23H,8H2,1H3,(H,17,18,20,21).